The second-order valence-corrected chi connectivity index (χ2v) is 8.84. The van der Waals surface area contributed by atoms with Crippen LogP contribution in [0.25, 0.3) is 11.8 Å². The van der Waals surface area contributed by atoms with Gasteiger partial charge in [-0.25, -0.2) is 0 Å². The molecule has 3 aromatic rings. The number of rotatable bonds is 5. The molecule has 0 atom stereocenters. The van der Waals surface area contributed by atoms with E-state index >= 15 is 0 Å². The summed E-state index contributed by atoms with van der Waals surface area (Å²) in [4.78, 5) is 38.8. The predicted octanol–water partition coefficient (Wildman–Crippen LogP) is 5.77. The summed E-state index contributed by atoms with van der Waals surface area (Å²) < 4.78 is 1.86. The molecule has 0 spiro atoms. The maximum absolute atomic E-state index is 12.8. The van der Waals surface area contributed by atoms with Gasteiger partial charge in [-0.1, -0.05) is 41.4 Å². The molecule has 9 heteroatoms. The van der Waals surface area contributed by atoms with Crippen LogP contribution >= 0.6 is 35.0 Å². The van der Waals surface area contributed by atoms with E-state index in [1.54, 1.807) is 30.3 Å². The Morgan fingerprint density at radius 1 is 1.06 bits per heavy atom. The van der Waals surface area contributed by atoms with Crippen LogP contribution in [-0.4, -0.2) is 33.1 Å². The average molecular weight is 486 g/mol. The molecule has 162 valence electrons. The summed E-state index contributed by atoms with van der Waals surface area (Å²) in [7, 11) is 0. The van der Waals surface area contributed by atoms with Gasteiger partial charge in [-0.3, -0.25) is 19.3 Å². The standard InChI is InChI=1S/C23H17Cl2N3O3S/c1-14-8-9-16(11-18(14)25)27-10-4-5-15(27)12-20-22(30)28(23(31)32-20)13-21(29)26-19-7-3-2-6-17(19)24/h2-12H,13H2,1H3,(H,26,29)/b20-12+. The van der Waals surface area contributed by atoms with E-state index in [1.165, 1.54) is 0 Å². The third-order valence-electron chi connectivity index (χ3n) is 4.82. The first-order chi connectivity index (χ1) is 15.3. The van der Waals surface area contributed by atoms with Crippen LogP contribution in [-0.2, 0) is 9.59 Å². The minimum atomic E-state index is -0.524. The third-order valence-corrected chi connectivity index (χ3v) is 6.46. The molecule has 1 aliphatic rings. The lowest BCUT2D eigenvalue weighted by Gasteiger charge is -2.13. The number of imide groups is 1. The van der Waals surface area contributed by atoms with Crippen LogP contribution in [0.5, 0.6) is 0 Å². The maximum atomic E-state index is 12.8. The van der Waals surface area contributed by atoms with Gasteiger partial charge in [0.2, 0.25) is 5.91 Å². The van der Waals surface area contributed by atoms with Crippen LogP contribution in [0, 0.1) is 6.92 Å². The first-order valence-corrected chi connectivity index (χ1v) is 11.1. The molecule has 0 bridgehead atoms. The maximum Gasteiger partial charge on any atom is 0.294 e. The van der Waals surface area contributed by atoms with E-state index in [1.807, 2.05) is 48.0 Å². The quantitative estimate of drug-likeness (QED) is 0.465. The van der Waals surface area contributed by atoms with Gasteiger partial charge in [0.15, 0.2) is 0 Å². The van der Waals surface area contributed by atoms with Crippen molar-refractivity contribution < 1.29 is 14.4 Å². The van der Waals surface area contributed by atoms with Gasteiger partial charge in [-0.05, 0) is 66.7 Å². The molecule has 1 aromatic heterocycles. The van der Waals surface area contributed by atoms with Gasteiger partial charge < -0.3 is 9.88 Å². The zero-order valence-corrected chi connectivity index (χ0v) is 19.2. The monoisotopic (exact) mass is 485 g/mol. The normalized spacial score (nSPS) is 15.0. The molecule has 1 fully saturated rings. The Morgan fingerprint density at radius 2 is 1.84 bits per heavy atom. The summed E-state index contributed by atoms with van der Waals surface area (Å²) in [6.45, 7) is 1.52. The van der Waals surface area contributed by atoms with Crippen molar-refractivity contribution in [1.82, 2.24) is 9.47 Å². The first kappa shape index (κ1) is 22.2. The van der Waals surface area contributed by atoms with Crippen molar-refractivity contribution in [2.24, 2.45) is 0 Å². The van der Waals surface area contributed by atoms with Crippen molar-refractivity contribution in [2.45, 2.75) is 6.92 Å². The number of hydrogen-bond acceptors (Lipinski definition) is 4. The molecule has 2 heterocycles. The molecule has 1 aliphatic heterocycles. The fraction of sp³-hybridized carbons (Fsp3) is 0.0870. The lowest BCUT2D eigenvalue weighted by atomic mass is 10.2. The number of anilines is 1. The number of carbonyl (C=O) groups is 3. The minimum absolute atomic E-state index is 0.235. The van der Waals surface area contributed by atoms with E-state index in [0.717, 1.165) is 27.9 Å². The van der Waals surface area contributed by atoms with Gasteiger partial charge in [0.05, 0.1) is 15.6 Å². The Balaban J connectivity index is 1.52. The van der Waals surface area contributed by atoms with E-state index in [4.69, 9.17) is 23.2 Å². The molecule has 6 nitrogen and oxygen atoms in total. The largest absolute Gasteiger partial charge is 0.323 e. The van der Waals surface area contributed by atoms with Crippen LogP contribution in [0.4, 0.5) is 10.5 Å². The highest BCUT2D eigenvalue weighted by Crippen LogP contribution is 2.33. The van der Waals surface area contributed by atoms with E-state index < -0.39 is 23.6 Å². The van der Waals surface area contributed by atoms with Crippen molar-refractivity contribution in [3.05, 3.63) is 87.0 Å². The van der Waals surface area contributed by atoms with E-state index in [9.17, 15) is 14.4 Å². The number of hydrogen-bond donors (Lipinski definition) is 1. The van der Waals surface area contributed by atoms with Gasteiger partial charge in [-0.2, -0.15) is 0 Å². The van der Waals surface area contributed by atoms with Crippen molar-refractivity contribution in [3.63, 3.8) is 0 Å². The number of benzene rings is 2. The number of carbonyl (C=O) groups excluding carboxylic acids is 3. The zero-order valence-electron chi connectivity index (χ0n) is 16.8. The third kappa shape index (κ3) is 4.60. The summed E-state index contributed by atoms with van der Waals surface area (Å²) in [5.74, 6) is -1.04. The molecule has 4 rings (SSSR count). The fourth-order valence-corrected chi connectivity index (χ4v) is 4.33. The Bertz CT molecular complexity index is 1270. The topological polar surface area (TPSA) is 71.4 Å². The second kappa shape index (κ2) is 9.24. The number of amides is 3. The van der Waals surface area contributed by atoms with E-state index in [-0.39, 0.29) is 4.91 Å². The highest BCUT2D eigenvalue weighted by atomic mass is 35.5. The highest BCUT2D eigenvalue weighted by molar-refractivity contribution is 8.18. The van der Waals surface area contributed by atoms with Crippen LogP contribution in [0.15, 0.2) is 65.7 Å². The Hall–Kier alpha value is -3.00. The SMILES string of the molecule is Cc1ccc(-n2cccc2/C=C2/SC(=O)N(CC(=O)Nc3ccccc3Cl)C2=O)cc1Cl. The first-order valence-electron chi connectivity index (χ1n) is 9.57. The van der Waals surface area contributed by atoms with Crippen LogP contribution in [0.1, 0.15) is 11.3 Å². The number of aryl methyl sites for hydroxylation is 1. The molecule has 1 saturated heterocycles. The van der Waals surface area contributed by atoms with Gasteiger partial charge in [-0.15, -0.1) is 0 Å². The van der Waals surface area contributed by atoms with Gasteiger partial charge in [0, 0.05) is 22.6 Å². The van der Waals surface area contributed by atoms with Crippen molar-refractivity contribution in [2.75, 3.05) is 11.9 Å². The molecule has 0 aliphatic carbocycles. The number of aromatic nitrogens is 1. The molecular formula is C23H17Cl2N3O3S. The molecule has 2 aromatic carbocycles. The summed E-state index contributed by atoms with van der Waals surface area (Å²) in [5, 5.41) is 3.11. The Labute approximate surface area is 198 Å². The van der Waals surface area contributed by atoms with Crippen LogP contribution < -0.4 is 5.32 Å². The van der Waals surface area contributed by atoms with Crippen LogP contribution in [0.3, 0.4) is 0 Å². The number of nitrogens with zero attached hydrogens (tertiary/aromatic N) is 2. The summed E-state index contributed by atoms with van der Waals surface area (Å²) >= 11 is 13.1. The summed E-state index contributed by atoms with van der Waals surface area (Å²) in [6.07, 6.45) is 3.47. The lowest BCUT2D eigenvalue weighted by Crippen LogP contribution is -2.36. The second-order valence-electron chi connectivity index (χ2n) is 7.03. The molecular weight excluding hydrogens is 469 g/mol. The predicted molar refractivity (Wildman–Crippen MR) is 128 cm³/mol. The molecule has 3 amide bonds. The highest BCUT2D eigenvalue weighted by Gasteiger charge is 2.36. The van der Waals surface area contributed by atoms with Gasteiger partial charge in [0.25, 0.3) is 11.1 Å². The van der Waals surface area contributed by atoms with E-state index in [0.29, 0.717) is 21.4 Å². The van der Waals surface area contributed by atoms with Gasteiger partial charge >= 0.3 is 0 Å². The Kier molecular flexibility index (Phi) is 6.41. The number of thioether (sulfide) groups is 1. The number of nitrogens with one attached hydrogen (secondary N) is 1. The number of halogens is 2. The minimum Gasteiger partial charge on any atom is -0.323 e. The lowest BCUT2D eigenvalue weighted by molar-refractivity contribution is -0.127. The van der Waals surface area contributed by atoms with Gasteiger partial charge in [0.1, 0.15) is 6.54 Å². The van der Waals surface area contributed by atoms with Crippen molar-refractivity contribution in [3.8, 4) is 5.69 Å². The zero-order chi connectivity index (χ0) is 22.8. The van der Waals surface area contributed by atoms with Crippen molar-refractivity contribution >= 4 is 63.8 Å². The number of para-hydroxylation sites is 1. The van der Waals surface area contributed by atoms with Crippen molar-refractivity contribution in [1.29, 1.82) is 0 Å². The molecule has 0 radical (unpaired) electrons. The van der Waals surface area contributed by atoms with E-state index in [2.05, 4.69) is 5.32 Å². The average Bonchev–Trinajstić information content (AvgIpc) is 3.32. The molecule has 1 N–H and O–H groups in total. The summed E-state index contributed by atoms with van der Waals surface area (Å²) in [6, 6.07) is 16.1. The Morgan fingerprint density at radius 3 is 2.59 bits per heavy atom. The smallest absolute Gasteiger partial charge is 0.294 e. The molecule has 0 saturated carbocycles. The summed E-state index contributed by atoms with van der Waals surface area (Å²) in [5.41, 5.74) is 2.91. The fourth-order valence-electron chi connectivity index (χ4n) is 3.14. The van der Waals surface area contributed by atoms with Crippen LogP contribution in [0.2, 0.25) is 10.0 Å². The molecule has 0 unspecified atom stereocenters. The molecule has 32 heavy (non-hydrogen) atoms.